The minimum Gasteiger partial charge on any atom is -0.493 e. The fourth-order valence-electron chi connectivity index (χ4n) is 3.15. The number of fused-ring (bicyclic) bond motifs is 2. The summed E-state index contributed by atoms with van der Waals surface area (Å²) in [5.74, 6) is 1.08. The summed E-state index contributed by atoms with van der Waals surface area (Å²) in [6, 6.07) is 13.0. The third-order valence-electron chi connectivity index (χ3n) is 4.28. The molecule has 1 aliphatic heterocycles. The summed E-state index contributed by atoms with van der Waals surface area (Å²) < 4.78 is 5.78. The lowest BCUT2D eigenvalue weighted by Gasteiger charge is -2.08. The van der Waals surface area contributed by atoms with E-state index in [0.29, 0.717) is 0 Å². The second-order valence-electron chi connectivity index (χ2n) is 5.54. The van der Waals surface area contributed by atoms with Gasteiger partial charge in [0.05, 0.1) is 6.61 Å². The smallest absolute Gasteiger partial charge is 0.126 e. The Morgan fingerprint density at radius 1 is 1.10 bits per heavy atom. The molecule has 2 heteroatoms. The van der Waals surface area contributed by atoms with E-state index >= 15 is 0 Å². The highest BCUT2D eigenvalue weighted by Crippen LogP contribution is 2.37. The fourth-order valence-corrected chi connectivity index (χ4v) is 3.15. The van der Waals surface area contributed by atoms with E-state index in [0.717, 1.165) is 18.8 Å². The number of H-pyrrole nitrogens is 1. The third kappa shape index (κ3) is 1.58. The lowest BCUT2D eigenvalue weighted by Crippen LogP contribution is -1.90. The van der Waals surface area contributed by atoms with Crippen molar-refractivity contribution in [1.82, 2.24) is 4.98 Å². The standard InChI is InChI=1S/C18H17NO/c1-11-4-3-5-16-15(11)10-17(19-16)14-7-6-13-8-9-20-18(13)12(14)2/h3-7,10,19H,8-9H2,1-2H3. The van der Waals surface area contributed by atoms with E-state index in [-0.39, 0.29) is 0 Å². The monoisotopic (exact) mass is 263 g/mol. The maximum absolute atomic E-state index is 5.78. The molecule has 0 amide bonds. The molecule has 1 aromatic heterocycles. The predicted molar refractivity (Wildman–Crippen MR) is 82.4 cm³/mol. The van der Waals surface area contributed by atoms with Crippen molar-refractivity contribution in [2.45, 2.75) is 20.3 Å². The molecule has 2 nitrogen and oxygen atoms in total. The molecule has 20 heavy (non-hydrogen) atoms. The Labute approximate surface area is 118 Å². The van der Waals surface area contributed by atoms with Crippen LogP contribution in [-0.4, -0.2) is 11.6 Å². The second kappa shape index (κ2) is 4.14. The van der Waals surface area contributed by atoms with Gasteiger partial charge in [-0.1, -0.05) is 24.3 Å². The molecule has 0 atom stereocenters. The number of hydrogen-bond acceptors (Lipinski definition) is 1. The van der Waals surface area contributed by atoms with Crippen LogP contribution in [0, 0.1) is 13.8 Å². The second-order valence-corrected chi connectivity index (χ2v) is 5.54. The van der Waals surface area contributed by atoms with Crippen molar-refractivity contribution in [1.29, 1.82) is 0 Å². The quantitative estimate of drug-likeness (QED) is 0.692. The number of aryl methyl sites for hydroxylation is 1. The number of hydrogen-bond donors (Lipinski definition) is 1. The zero-order valence-corrected chi connectivity index (χ0v) is 11.8. The molecule has 2 heterocycles. The van der Waals surface area contributed by atoms with Gasteiger partial charge >= 0.3 is 0 Å². The van der Waals surface area contributed by atoms with Crippen molar-refractivity contribution in [2.24, 2.45) is 0 Å². The van der Waals surface area contributed by atoms with Crippen molar-refractivity contribution in [2.75, 3.05) is 6.61 Å². The Morgan fingerprint density at radius 2 is 2.00 bits per heavy atom. The van der Waals surface area contributed by atoms with Crippen molar-refractivity contribution in [3.8, 4) is 17.0 Å². The maximum Gasteiger partial charge on any atom is 0.126 e. The Bertz CT molecular complexity index is 814. The van der Waals surface area contributed by atoms with Crippen LogP contribution in [-0.2, 0) is 6.42 Å². The van der Waals surface area contributed by atoms with Gasteiger partial charge in [0.1, 0.15) is 5.75 Å². The fraction of sp³-hybridized carbons (Fsp3) is 0.222. The molecule has 0 saturated carbocycles. The maximum atomic E-state index is 5.78. The van der Waals surface area contributed by atoms with Crippen molar-refractivity contribution < 1.29 is 4.74 Å². The van der Waals surface area contributed by atoms with Gasteiger partial charge in [-0.25, -0.2) is 0 Å². The first-order valence-electron chi connectivity index (χ1n) is 7.08. The number of rotatable bonds is 1. The third-order valence-corrected chi connectivity index (χ3v) is 4.28. The van der Waals surface area contributed by atoms with Crippen molar-refractivity contribution in [3.63, 3.8) is 0 Å². The summed E-state index contributed by atoms with van der Waals surface area (Å²) in [5.41, 5.74) is 7.48. The largest absolute Gasteiger partial charge is 0.493 e. The van der Waals surface area contributed by atoms with E-state index in [1.807, 2.05) is 0 Å². The van der Waals surface area contributed by atoms with Crippen LogP contribution in [0.25, 0.3) is 22.2 Å². The molecule has 0 fully saturated rings. The Morgan fingerprint density at radius 3 is 2.85 bits per heavy atom. The van der Waals surface area contributed by atoms with Crippen molar-refractivity contribution in [3.05, 3.63) is 53.1 Å². The molecule has 0 unspecified atom stereocenters. The molecule has 4 rings (SSSR count). The first kappa shape index (κ1) is 11.6. The summed E-state index contributed by atoms with van der Waals surface area (Å²) >= 11 is 0. The van der Waals surface area contributed by atoms with E-state index in [4.69, 9.17) is 4.74 Å². The number of benzene rings is 2. The molecule has 0 spiro atoms. The number of aromatic nitrogens is 1. The van der Waals surface area contributed by atoms with Crippen LogP contribution in [0.15, 0.2) is 36.4 Å². The minimum atomic E-state index is 0.811. The van der Waals surface area contributed by atoms with Gasteiger partial charge in [-0.3, -0.25) is 0 Å². The first-order chi connectivity index (χ1) is 9.74. The summed E-state index contributed by atoms with van der Waals surface area (Å²) in [6.07, 6.45) is 1.03. The van der Waals surface area contributed by atoms with Gasteiger partial charge in [-0.2, -0.15) is 0 Å². The van der Waals surface area contributed by atoms with Crippen LogP contribution in [0.2, 0.25) is 0 Å². The molecular formula is C18H17NO. The van der Waals surface area contributed by atoms with E-state index < -0.39 is 0 Å². The Kier molecular flexibility index (Phi) is 2.40. The molecule has 2 aromatic carbocycles. The Balaban J connectivity index is 1.93. The van der Waals surface area contributed by atoms with Gasteiger partial charge in [0.2, 0.25) is 0 Å². The summed E-state index contributed by atoms with van der Waals surface area (Å²) in [4.78, 5) is 3.53. The summed E-state index contributed by atoms with van der Waals surface area (Å²) in [5, 5.41) is 1.29. The van der Waals surface area contributed by atoms with Gasteiger partial charge < -0.3 is 9.72 Å². The average molecular weight is 263 g/mol. The molecule has 0 saturated heterocycles. The highest BCUT2D eigenvalue weighted by molar-refractivity contribution is 5.89. The SMILES string of the molecule is Cc1c(-c2cc3c(C)cccc3[nH]2)ccc2c1OCC2. The topological polar surface area (TPSA) is 25.0 Å². The lowest BCUT2D eigenvalue weighted by molar-refractivity contribution is 0.355. The van der Waals surface area contributed by atoms with Gasteiger partial charge in [-0.05, 0) is 37.1 Å². The summed E-state index contributed by atoms with van der Waals surface area (Å²) in [6.45, 7) is 5.11. The average Bonchev–Trinajstić information content (AvgIpc) is 3.06. The highest BCUT2D eigenvalue weighted by Gasteiger charge is 2.18. The molecule has 1 aliphatic rings. The van der Waals surface area contributed by atoms with Crippen LogP contribution in [0.4, 0.5) is 0 Å². The molecule has 0 aliphatic carbocycles. The predicted octanol–water partition coefficient (Wildman–Crippen LogP) is 4.39. The van der Waals surface area contributed by atoms with E-state index in [2.05, 4.69) is 55.2 Å². The molecule has 3 aromatic rings. The number of nitrogens with one attached hydrogen (secondary N) is 1. The molecule has 1 N–H and O–H groups in total. The molecule has 0 bridgehead atoms. The molecule has 0 radical (unpaired) electrons. The van der Waals surface area contributed by atoms with Crippen LogP contribution < -0.4 is 4.74 Å². The molecular weight excluding hydrogens is 246 g/mol. The minimum absolute atomic E-state index is 0.811. The summed E-state index contributed by atoms with van der Waals surface area (Å²) in [7, 11) is 0. The zero-order chi connectivity index (χ0) is 13.7. The van der Waals surface area contributed by atoms with Crippen molar-refractivity contribution >= 4 is 10.9 Å². The number of ether oxygens (including phenoxy) is 1. The van der Waals surface area contributed by atoms with Gasteiger partial charge in [0, 0.05) is 34.1 Å². The van der Waals surface area contributed by atoms with E-state index in [9.17, 15) is 0 Å². The van der Waals surface area contributed by atoms with Crippen LogP contribution in [0.5, 0.6) is 5.75 Å². The lowest BCUT2D eigenvalue weighted by atomic mass is 10.0. The van der Waals surface area contributed by atoms with Gasteiger partial charge in [0.25, 0.3) is 0 Å². The normalized spacial score (nSPS) is 13.5. The van der Waals surface area contributed by atoms with Crippen LogP contribution in [0.3, 0.4) is 0 Å². The highest BCUT2D eigenvalue weighted by atomic mass is 16.5. The van der Waals surface area contributed by atoms with Crippen LogP contribution in [0.1, 0.15) is 16.7 Å². The Hall–Kier alpha value is -2.22. The number of aromatic amines is 1. The van der Waals surface area contributed by atoms with E-state index in [1.165, 1.54) is 38.9 Å². The van der Waals surface area contributed by atoms with Gasteiger partial charge in [0.15, 0.2) is 0 Å². The van der Waals surface area contributed by atoms with Gasteiger partial charge in [-0.15, -0.1) is 0 Å². The van der Waals surface area contributed by atoms with Crippen LogP contribution >= 0.6 is 0 Å². The zero-order valence-electron chi connectivity index (χ0n) is 11.8. The molecule has 100 valence electrons. The van der Waals surface area contributed by atoms with E-state index in [1.54, 1.807) is 0 Å². The first-order valence-corrected chi connectivity index (χ1v) is 7.08.